The molecule has 0 spiro atoms. The molecule has 0 fully saturated rings. The SMILES string of the molecule is CCn1cc(CC(C)(C)CCNCC(C)C)cn1. The molecule has 0 aliphatic heterocycles. The molecule has 1 aromatic rings. The van der Waals surface area contributed by atoms with E-state index in [1.807, 2.05) is 10.9 Å². The monoisotopic (exact) mass is 251 g/mol. The fourth-order valence-electron chi connectivity index (χ4n) is 2.13. The molecule has 1 aromatic heterocycles. The first-order valence-corrected chi connectivity index (χ1v) is 7.15. The maximum Gasteiger partial charge on any atom is 0.0521 e. The van der Waals surface area contributed by atoms with Crippen LogP contribution >= 0.6 is 0 Å². The van der Waals surface area contributed by atoms with Gasteiger partial charge < -0.3 is 5.32 Å². The highest BCUT2D eigenvalue weighted by Crippen LogP contribution is 2.25. The van der Waals surface area contributed by atoms with Crippen LogP contribution in [-0.2, 0) is 13.0 Å². The highest BCUT2D eigenvalue weighted by molar-refractivity contribution is 5.06. The molecule has 0 aliphatic carbocycles. The Kier molecular flexibility index (Phi) is 5.86. The van der Waals surface area contributed by atoms with Crippen molar-refractivity contribution in [3.05, 3.63) is 18.0 Å². The molecule has 1 rings (SSSR count). The fraction of sp³-hybridized carbons (Fsp3) is 0.800. The van der Waals surface area contributed by atoms with Gasteiger partial charge in [-0.15, -0.1) is 0 Å². The van der Waals surface area contributed by atoms with Crippen LogP contribution < -0.4 is 5.32 Å². The van der Waals surface area contributed by atoms with Crippen molar-refractivity contribution in [2.24, 2.45) is 11.3 Å². The second-order valence-corrected chi connectivity index (χ2v) is 6.39. The Morgan fingerprint density at radius 1 is 1.39 bits per heavy atom. The minimum atomic E-state index is 0.339. The summed E-state index contributed by atoms with van der Waals surface area (Å²) in [5, 5.41) is 7.86. The van der Waals surface area contributed by atoms with Gasteiger partial charge in [0.1, 0.15) is 0 Å². The molecule has 0 aromatic carbocycles. The maximum atomic E-state index is 4.34. The summed E-state index contributed by atoms with van der Waals surface area (Å²) in [6, 6.07) is 0. The molecule has 0 radical (unpaired) electrons. The van der Waals surface area contributed by atoms with E-state index in [2.05, 4.69) is 51.2 Å². The second kappa shape index (κ2) is 6.93. The van der Waals surface area contributed by atoms with Crippen molar-refractivity contribution in [3.63, 3.8) is 0 Å². The van der Waals surface area contributed by atoms with E-state index in [4.69, 9.17) is 0 Å². The van der Waals surface area contributed by atoms with Crippen LogP contribution in [0.4, 0.5) is 0 Å². The van der Waals surface area contributed by atoms with E-state index in [1.54, 1.807) is 0 Å². The van der Waals surface area contributed by atoms with Crippen LogP contribution in [0, 0.1) is 11.3 Å². The molecule has 3 nitrogen and oxygen atoms in total. The molecule has 1 heterocycles. The van der Waals surface area contributed by atoms with Gasteiger partial charge in [-0.1, -0.05) is 27.7 Å². The van der Waals surface area contributed by atoms with Gasteiger partial charge in [-0.05, 0) is 49.8 Å². The first-order valence-electron chi connectivity index (χ1n) is 7.15. The predicted octanol–water partition coefficient (Wildman–Crippen LogP) is 3.11. The molecule has 0 unspecified atom stereocenters. The largest absolute Gasteiger partial charge is 0.316 e. The van der Waals surface area contributed by atoms with Crippen molar-refractivity contribution in [3.8, 4) is 0 Å². The molecule has 1 N–H and O–H groups in total. The molecule has 0 saturated heterocycles. The minimum absolute atomic E-state index is 0.339. The summed E-state index contributed by atoms with van der Waals surface area (Å²) in [4.78, 5) is 0. The number of nitrogens with one attached hydrogen (secondary N) is 1. The summed E-state index contributed by atoms with van der Waals surface area (Å²) in [6.45, 7) is 14.5. The number of rotatable bonds is 8. The van der Waals surface area contributed by atoms with Crippen LogP contribution in [0.25, 0.3) is 0 Å². The second-order valence-electron chi connectivity index (χ2n) is 6.39. The lowest BCUT2D eigenvalue weighted by atomic mass is 9.83. The lowest BCUT2D eigenvalue weighted by Gasteiger charge is -2.24. The average Bonchev–Trinajstić information content (AvgIpc) is 2.71. The van der Waals surface area contributed by atoms with Gasteiger partial charge in [-0.2, -0.15) is 5.10 Å². The van der Waals surface area contributed by atoms with Crippen LogP contribution in [0.15, 0.2) is 12.4 Å². The third kappa shape index (κ3) is 5.67. The van der Waals surface area contributed by atoms with Crippen molar-refractivity contribution >= 4 is 0 Å². The molecule has 0 saturated carbocycles. The zero-order valence-electron chi connectivity index (χ0n) is 12.7. The number of hydrogen-bond donors (Lipinski definition) is 1. The van der Waals surface area contributed by atoms with E-state index in [-0.39, 0.29) is 0 Å². The number of nitrogens with zero attached hydrogens (tertiary/aromatic N) is 2. The Bertz CT molecular complexity index is 339. The first kappa shape index (κ1) is 15.2. The summed E-state index contributed by atoms with van der Waals surface area (Å²) in [5.41, 5.74) is 1.69. The Balaban J connectivity index is 2.34. The third-order valence-corrected chi connectivity index (χ3v) is 3.22. The van der Waals surface area contributed by atoms with Gasteiger partial charge in [0.2, 0.25) is 0 Å². The third-order valence-electron chi connectivity index (χ3n) is 3.22. The fourth-order valence-corrected chi connectivity index (χ4v) is 2.13. The molecular formula is C15H29N3. The molecule has 18 heavy (non-hydrogen) atoms. The van der Waals surface area contributed by atoms with Gasteiger partial charge in [0.25, 0.3) is 0 Å². The first-order chi connectivity index (χ1) is 8.43. The van der Waals surface area contributed by atoms with Crippen molar-refractivity contribution in [1.29, 1.82) is 0 Å². The lowest BCUT2D eigenvalue weighted by molar-refractivity contribution is 0.322. The predicted molar refractivity (Wildman–Crippen MR) is 77.7 cm³/mol. The molecule has 104 valence electrons. The van der Waals surface area contributed by atoms with Crippen molar-refractivity contribution in [2.75, 3.05) is 13.1 Å². The normalized spacial score (nSPS) is 12.3. The van der Waals surface area contributed by atoms with E-state index in [9.17, 15) is 0 Å². The van der Waals surface area contributed by atoms with E-state index in [1.165, 1.54) is 12.0 Å². The van der Waals surface area contributed by atoms with Crippen molar-refractivity contribution in [2.45, 2.75) is 54.0 Å². The van der Waals surface area contributed by atoms with E-state index in [0.29, 0.717) is 5.41 Å². The summed E-state index contributed by atoms with van der Waals surface area (Å²) < 4.78 is 2.00. The Labute approximate surface area is 112 Å². The van der Waals surface area contributed by atoms with E-state index < -0.39 is 0 Å². The Hall–Kier alpha value is -0.830. The van der Waals surface area contributed by atoms with Crippen LogP contribution in [0.2, 0.25) is 0 Å². The topological polar surface area (TPSA) is 29.9 Å². The van der Waals surface area contributed by atoms with Crippen LogP contribution in [0.1, 0.15) is 46.6 Å². The van der Waals surface area contributed by atoms with Gasteiger partial charge in [-0.25, -0.2) is 0 Å². The summed E-state index contributed by atoms with van der Waals surface area (Å²) in [7, 11) is 0. The van der Waals surface area contributed by atoms with Gasteiger partial charge in [0.15, 0.2) is 0 Å². The summed E-state index contributed by atoms with van der Waals surface area (Å²) in [5.74, 6) is 0.732. The van der Waals surface area contributed by atoms with E-state index in [0.717, 1.165) is 32.0 Å². The smallest absolute Gasteiger partial charge is 0.0521 e. The van der Waals surface area contributed by atoms with Crippen LogP contribution in [0.3, 0.4) is 0 Å². The van der Waals surface area contributed by atoms with Crippen molar-refractivity contribution < 1.29 is 0 Å². The summed E-state index contributed by atoms with van der Waals surface area (Å²) in [6.07, 6.45) is 6.49. The average molecular weight is 251 g/mol. The van der Waals surface area contributed by atoms with Gasteiger partial charge in [0, 0.05) is 12.7 Å². The van der Waals surface area contributed by atoms with E-state index >= 15 is 0 Å². The summed E-state index contributed by atoms with van der Waals surface area (Å²) >= 11 is 0. The molecule has 0 bridgehead atoms. The zero-order chi connectivity index (χ0) is 13.6. The van der Waals surface area contributed by atoms with Crippen molar-refractivity contribution in [1.82, 2.24) is 15.1 Å². The van der Waals surface area contributed by atoms with Crippen LogP contribution in [-0.4, -0.2) is 22.9 Å². The van der Waals surface area contributed by atoms with Crippen LogP contribution in [0.5, 0.6) is 0 Å². The lowest BCUT2D eigenvalue weighted by Crippen LogP contribution is -2.26. The quantitative estimate of drug-likeness (QED) is 0.720. The number of hydrogen-bond acceptors (Lipinski definition) is 2. The highest BCUT2D eigenvalue weighted by Gasteiger charge is 2.18. The zero-order valence-corrected chi connectivity index (χ0v) is 12.7. The van der Waals surface area contributed by atoms with Gasteiger partial charge >= 0.3 is 0 Å². The molecule has 3 heteroatoms. The maximum absolute atomic E-state index is 4.34. The molecule has 0 aliphatic rings. The highest BCUT2D eigenvalue weighted by atomic mass is 15.3. The molecule has 0 amide bonds. The number of aryl methyl sites for hydroxylation is 1. The number of aromatic nitrogens is 2. The standard InChI is InChI=1S/C15H29N3/c1-6-18-12-14(11-17-18)9-15(4,5)7-8-16-10-13(2)3/h11-13,16H,6-10H2,1-5H3. The minimum Gasteiger partial charge on any atom is -0.316 e. The van der Waals surface area contributed by atoms with Gasteiger partial charge in [-0.3, -0.25) is 4.68 Å². The Morgan fingerprint density at radius 2 is 2.11 bits per heavy atom. The molecular weight excluding hydrogens is 222 g/mol. The Morgan fingerprint density at radius 3 is 2.67 bits per heavy atom. The molecule has 0 atom stereocenters. The van der Waals surface area contributed by atoms with Gasteiger partial charge in [0.05, 0.1) is 6.20 Å².